The minimum absolute atomic E-state index is 0.382. The molecule has 1 aromatic rings. The highest BCUT2D eigenvalue weighted by molar-refractivity contribution is 6.27. The van der Waals surface area contributed by atoms with Crippen molar-refractivity contribution < 1.29 is 14.7 Å². The third-order valence-corrected chi connectivity index (χ3v) is 2.27. The molecule has 2 rings (SSSR count). The summed E-state index contributed by atoms with van der Waals surface area (Å²) < 4.78 is 0. The number of carboxylic acids is 1. The molecule has 1 aliphatic rings. The number of allylic oxidation sites excluding steroid dienone is 3. The van der Waals surface area contributed by atoms with Crippen molar-refractivity contribution in [1.29, 1.82) is 0 Å². The predicted molar refractivity (Wildman–Crippen MR) is 54.0 cm³/mol. The van der Waals surface area contributed by atoms with Crippen molar-refractivity contribution in [2.75, 3.05) is 0 Å². The smallest absolute Gasteiger partial charge is 0.318 e. The van der Waals surface area contributed by atoms with Crippen LogP contribution in [-0.2, 0) is 9.59 Å². The maximum absolute atomic E-state index is 11.7. The number of aromatic nitrogens is 1. The largest absolute Gasteiger partial charge is 0.480 e. The SMILES string of the molecule is O=C(O)C1C=CC=C(c2ccc[nH]2)C1=O. The predicted octanol–water partition coefficient (Wildman–Crippen LogP) is 1.24. The number of carbonyl (C=O) groups excluding carboxylic acids is 1. The number of aromatic amines is 1. The highest BCUT2D eigenvalue weighted by Crippen LogP contribution is 2.22. The van der Waals surface area contributed by atoms with Crippen LogP contribution in [0.1, 0.15) is 5.69 Å². The Morgan fingerprint density at radius 1 is 1.47 bits per heavy atom. The lowest BCUT2D eigenvalue weighted by Gasteiger charge is -2.12. The normalized spacial score (nSPS) is 20.1. The zero-order valence-electron chi connectivity index (χ0n) is 7.81. The van der Waals surface area contributed by atoms with Crippen molar-refractivity contribution >= 4 is 17.3 Å². The van der Waals surface area contributed by atoms with E-state index in [2.05, 4.69) is 4.98 Å². The van der Waals surface area contributed by atoms with Gasteiger partial charge in [0.25, 0.3) is 0 Å². The van der Waals surface area contributed by atoms with Crippen LogP contribution in [0, 0.1) is 5.92 Å². The zero-order valence-corrected chi connectivity index (χ0v) is 7.81. The summed E-state index contributed by atoms with van der Waals surface area (Å²) in [5, 5.41) is 8.81. The maximum Gasteiger partial charge on any atom is 0.318 e. The number of ketones is 1. The molecule has 1 unspecified atom stereocenters. The highest BCUT2D eigenvalue weighted by Gasteiger charge is 2.29. The average molecular weight is 203 g/mol. The molecule has 76 valence electrons. The van der Waals surface area contributed by atoms with Gasteiger partial charge in [0.15, 0.2) is 5.78 Å². The van der Waals surface area contributed by atoms with E-state index in [0.717, 1.165) is 0 Å². The van der Waals surface area contributed by atoms with E-state index in [1.807, 2.05) is 0 Å². The van der Waals surface area contributed by atoms with Gasteiger partial charge in [0.1, 0.15) is 5.92 Å². The van der Waals surface area contributed by atoms with Gasteiger partial charge in [-0.2, -0.15) is 0 Å². The Kier molecular flexibility index (Phi) is 2.25. The van der Waals surface area contributed by atoms with Crippen LogP contribution >= 0.6 is 0 Å². The molecule has 0 aliphatic heterocycles. The monoisotopic (exact) mass is 203 g/mol. The van der Waals surface area contributed by atoms with E-state index < -0.39 is 11.9 Å². The Morgan fingerprint density at radius 2 is 2.27 bits per heavy atom. The number of hydrogen-bond acceptors (Lipinski definition) is 2. The summed E-state index contributed by atoms with van der Waals surface area (Å²) in [6, 6.07) is 3.50. The lowest BCUT2D eigenvalue weighted by molar-refractivity contribution is -0.142. The molecule has 0 amide bonds. The summed E-state index contributed by atoms with van der Waals surface area (Å²) in [4.78, 5) is 25.4. The van der Waals surface area contributed by atoms with Gasteiger partial charge in [0.2, 0.25) is 0 Å². The van der Waals surface area contributed by atoms with Crippen molar-refractivity contribution in [3.05, 3.63) is 42.3 Å². The van der Waals surface area contributed by atoms with Gasteiger partial charge >= 0.3 is 5.97 Å². The molecular weight excluding hydrogens is 194 g/mol. The number of carboxylic acid groups (broad SMARTS) is 1. The van der Waals surface area contributed by atoms with E-state index in [1.165, 1.54) is 6.08 Å². The molecule has 4 nitrogen and oxygen atoms in total. The first-order valence-electron chi connectivity index (χ1n) is 4.49. The Morgan fingerprint density at radius 3 is 2.87 bits per heavy atom. The second-order valence-corrected chi connectivity index (χ2v) is 3.23. The van der Waals surface area contributed by atoms with Crippen molar-refractivity contribution in [2.24, 2.45) is 5.92 Å². The Bertz CT molecular complexity index is 454. The number of nitrogens with one attached hydrogen (secondary N) is 1. The second-order valence-electron chi connectivity index (χ2n) is 3.23. The Labute approximate surface area is 85.9 Å². The van der Waals surface area contributed by atoms with Gasteiger partial charge in [0, 0.05) is 17.5 Å². The molecule has 4 heteroatoms. The lowest BCUT2D eigenvalue weighted by Crippen LogP contribution is -2.24. The summed E-state index contributed by atoms with van der Waals surface area (Å²) in [5.74, 6) is -2.56. The first kappa shape index (κ1) is 9.45. The first-order valence-corrected chi connectivity index (χ1v) is 4.49. The number of hydrogen-bond donors (Lipinski definition) is 2. The molecule has 1 aromatic heterocycles. The first-order chi connectivity index (χ1) is 7.20. The van der Waals surface area contributed by atoms with Crippen LogP contribution in [0.15, 0.2) is 36.6 Å². The van der Waals surface area contributed by atoms with Crippen LogP contribution in [0.3, 0.4) is 0 Å². The fourth-order valence-corrected chi connectivity index (χ4v) is 1.51. The number of carbonyl (C=O) groups is 2. The fraction of sp³-hybridized carbons (Fsp3) is 0.0909. The Hall–Kier alpha value is -2.10. The van der Waals surface area contributed by atoms with Crippen LogP contribution in [0.4, 0.5) is 0 Å². The zero-order chi connectivity index (χ0) is 10.8. The molecule has 1 aliphatic carbocycles. The van der Waals surface area contributed by atoms with Crippen molar-refractivity contribution in [2.45, 2.75) is 0 Å². The van der Waals surface area contributed by atoms with E-state index in [9.17, 15) is 9.59 Å². The van der Waals surface area contributed by atoms with Crippen molar-refractivity contribution in [1.82, 2.24) is 4.98 Å². The number of aliphatic carboxylic acids is 1. The van der Waals surface area contributed by atoms with Crippen LogP contribution in [0.2, 0.25) is 0 Å². The molecule has 0 saturated heterocycles. The van der Waals surface area contributed by atoms with E-state index in [1.54, 1.807) is 30.5 Å². The number of Topliss-reactive ketones (excluding diaryl/α,β-unsaturated/α-hetero) is 1. The van der Waals surface area contributed by atoms with Crippen LogP contribution in [0.25, 0.3) is 5.57 Å². The minimum atomic E-state index is -1.12. The quantitative estimate of drug-likeness (QED) is 0.710. The summed E-state index contributed by atoms with van der Waals surface area (Å²) in [5.41, 5.74) is 1.06. The molecule has 0 saturated carbocycles. The fourth-order valence-electron chi connectivity index (χ4n) is 1.51. The molecule has 0 spiro atoms. The van der Waals surface area contributed by atoms with Gasteiger partial charge in [-0.1, -0.05) is 12.2 Å². The third-order valence-electron chi connectivity index (χ3n) is 2.27. The average Bonchev–Trinajstić information content (AvgIpc) is 2.70. The van der Waals surface area contributed by atoms with Crippen LogP contribution in [0.5, 0.6) is 0 Å². The van der Waals surface area contributed by atoms with E-state index >= 15 is 0 Å². The molecule has 0 aromatic carbocycles. The van der Waals surface area contributed by atoms with Gasteiger partial charge in [-0.05, 0) is 18.2 Å². The topological polar surface area (TPSA) is 70.2 Å². The van der Waals surface area contributed by atoms with Crippen LogP contribution in [-0.4, -0.2) is 21.8 Å². The number of H-pyrrole nitrogens is 1. The molecule has 0 radical (unpaired) electrons. The molecular formula is C11H9NO3. The molecule has 0 fully saturated rings. The van der Waals surface area contributed by atoms with E-state index in [4.69, 9.17) is 5.11 Å². The lowest BCUT2D eigenvalue weighted by atomic mass is 9.91. The molecule has 1 atom stereocenters. The molecule has 0 bridgehead atoms. The highest BCUT2D eigenvalue weighted by atomic mass is 16.4. The Balaban J connectivity index is 2.36. The van der Waals surface area contributed by atoms with Crippen LogP contribution < -0.4 is 0 Å². The minimum Gasteiger partial charge on any atom is -0.480 e. The maximum atomic E-state index is 11.7. The molecule has 2 N–H and O–H groups in total. The van der Waals surface area contributed by atoms with Gasteiger partial charge in [-0.3, -0.25) is 9.59 Å². The van der Waals surface area contributed by atoms with E-state index in [0.29, 0.717) is 11.3 Å². The van der Waals surface area contributed by atoms with Gasteiger partial charge in [-0.15, -0.1) is 0 Å². The summed E-state index contributed by atoms with van der Waals surface area (Å²) in [7, 11) is 0. The number of rotatable bonds is 2. The standard InChI is InChI=1S/C11H9NO3/c13-10-7(9-5-2-6-12-9)3-1-4-8(10)11(14)15/h1-6,8,12H,(H,14,15). The van der Waals surface area contributed by atoms with E-state index in [-0.39, 0.29) is 5.78 Å². The second kappa shape index (κ2) is 3.57. The van der Waals surface area contributed by atoms with Crippen molar-refractivity contribution in [3.63, 3.8) is 0 Å². The van der Waals surface area contributed by atoms with Gasteiger partial charge < -0.3 is 10.1 Å². The van der Waals surface area contributed by atoms with Gasteiger partial charge in [0.05, 0.1) is 0 Å². The third kappa shape index (κ3) is 1.61. The molecule has 15 heavy (non-hydrogen) atoms. The summed E-state index contributed by atoms with van der Waals surface area (Å²) >= 11 is 0. The van der Waals surface area contributed by atoms with Gasteiger partial charge in [-0.25, -0.2) is 0 Å². The molecule has 1 heterocycles. The summed E-state index contributed by atoms with van der Waals surface area (Å²) in [6.45, 7) is 0. The summed E-state index contributed by atoms with van der Waals surface area (Å²) in [6.07, 6.45) is 6.29. The van der Waals surface area contributed by atoms with Crippen molar-refractivity contribution in [3.8, 4) is 0 Å².